The second kappa shape index (κ2) is 18.5. The average Bonchev–Trinajstić information content (AvgIpc) is 3.29. The maximum Gasteiger partial charge on any atom is 0.315 e. The van der Waals surface area contributed by atoms with E-state index in [1.807, 2.05) is 0 Å². The van der Waals surface area contributed by atoms with Gasteiger partial charge < -0.3 is 89.7 Å². The summed E-state index contributed by atoms with van der Waals surface area (Å²) >= 11 is 0. The lowest BCUT2D eigenvalue weighted by molar-refractivity contribution is -0.363. The monoisotopic (exact) mass is 972 g/mol. The Hall–Kier alpha value is -1.96. The molecule has 4 saturated carbocycles. The van der Waals surface area contributed by atoms with Crippen molar-refractivity contribution in [1.82, 2.24) is 0 Å². The summed E-state index contributed by atoms with van der Waals surface area (Å²) in [7, 11) is 0. The van der Waals surface area contributed by atoms with Crippen LogP contribution in [0.4, 0.5) is 0 Å². The summed E-state index contributed by atoms with van der Waals surface area (Å²) in [4.78, 5) is 28.2. The van der Waals surface area contributed by atoms with Crippen LogP contribution in [-0.2, 0) is 38.0 Å². The van der Waals surface area contributed by atoms with Gasteiger partial charge in [0.25, 0.3) is 0 Å². The van der Waals surface area contributed by atoms with Gasteiger partial charge in [0.2, 0.25) is 6.29 Å². The summed E-state index contributed by atoms with van der Waals surface area (Å²) in [6.45, 7) is 10.6. The first kappa shape index (κ1) is 52.4. The molecule has 0 aromatic rings. The molecule has 0 amide bonds. The molecule has 0 aromatic heterocycles. The number of aliphatic carboxylic acids is 1. The highest BCUT2D eigenvalue weighted by molar-refractivity contribution is 5.79. The number of carbonyl (C=O) groups excluding carboxylic acids is 1. The molecule has 8 rings (SSSR count). The molecule has 0 bridgehead atoms. The number of ether oxygens (including phenoxy) is 6. The lowest BCUT2D eigenvalue weighted by Gasteiger charge is -2.71. The molecule has 3 heterocycles. The number of allylic oxidation sites excluding steroid dienone is 2. The molecule has 3 saturated heterocycles. The van der Waals surface area contributed by atoms with E-state index in [-0.39, 0.29) is 34.0 Å². The Kier molecular flexibility index (Phi) is 14.3. The summed E-state index contributed by atoms with van der Waals surface area (Å²) < 4.78 is 35.0. The summed E-state index contributed by atoms with van der Waals surface area (Å²) in [6, 6.07) is 0. The van der Waals surface area contributed by atoms with Crippen molar-refractivity contribution in [2.75, 3.05) is 19.8 Å². The van der Waals surface area contributed by atoms with Crippen LogP contribution in [0.2, 0.25) is 0 Å². The Morgan fingerprint density at radius 3 is 1.85 bits per heavy atom. The minimum atomic E-state index is -1.98. The van der Waals surface area contributed by atoms with Gasteiger partial charge in [-0.3, -0.25) is 9.59 Å². The minimum Gasteiger partial charge on any atom is -0.481 e. The fourth-order valence-corrected chi connectivity index (χ4v) is 14.8. The van der Waals surface area contributed by atoms with Gasteiger partial charge >= 0.3 is 11.9 Å². The van der Waals surface area contributed by atoms with Gasteiger partial charge in [-0.2, -0.15) is 0 Å². The number of hydrogen-bond donors (Lipinski definition) is 12. The molecule has 20 heteroatoms. The summed E-state index contributed by atoms with van der Waals surface area (Å²) in [5.74, 6) is -2.09. The molecule has 0 unspecified atom stereocenters. The van der Waals surface area contributed by atoms with E-state index in [2.05, 4.69) is 40.7 Å². The van der Waals surface area contributed by atoms with Crippen molar-refractivity contribution in [2.45, 2.75) is 204 Å². The van der Waals surface area contributed by atoms with Crippen LogP contribution in [0.15, 0.2) is 11.6 Å². The highest BCUT2D eigenvalue weighted by Gasteiger charge is 2.71. The van der Waals surface area contributed by atoms with Crippen molar-refractivity contribution in [3.8, 4) is 0 Å². The third-order valence-corrected chi connectivity index (χ3v) is 19.4. The zero-order valence-electron chi connectivity index (χ0n) is 39.9. The second-order valence-electron chi connectivity index (χ2n) is 23.3. The van der Waals surface area contributed by atoms with Gasteiger partial charge in [0.05, 0.1) is 36.8 Å². The molecule has 8 aliphatic rings. The van der Waals surface area contributed by atoms with Crippen LogP contribution < -0.4 is 0 Å². The van der Waals surface area contributed by atoms with Crippen LogP contribution in [-0.4, -0.2) is 191 Å². The number of aliphatic hydroxyl groups is 11. The van der Waals surface area contributed by atoms with Gasteiger partial charge in [-0.25, -0.2) is 0 Å². The number of carboxylic acids is 1. The highest BCUT2D eigenvalue weighted by atomic mass is 16.8. The van der Waals surface area contributed by atoms with E-state index >= 15 is 4.79 Å². The van der Waals surface area contributed by atoms with Crippen LogP contribution in [0.5, 0.6) is 0 Å². The van der Waals surface area contributed by atoms with E-state index in [0.29, 0.717) is 57.8 Å². The zero-order valence-corrected chi connectivity index (χ0v) is 39.9. The number of carboxylic acid groups (broad SMARTS) is 1. The van der Waals surface area contributed by atoms with Crippen molar-refractivity contribution < 1.29 is 99.3 Å². The van der Waals surface area contributed by atoms with Gasteiger partial charge in [0.15, 0.2) is 12.6 Å². The van der Waals surface area contributed by atoms with Crippen LogP contribution in [0, 0.1) is 50.2 Å². The topological polar surface area (TPSA) is 332 Å². The second-order valence-corrected chi connectivity index (χ2v) is 23.3. The largest absolute Gasteiger partial charge is 0.481 e. The van der Waals surface area contributed by atoms with Gasteiger partial charge in [-0.05, 0) is 111 Å². The third kappa shape index (κ3) is 8.03. The Morgan fingerprint density at radius 2 is 1.24 bits per heavy atom. The first-order chi connectivity index (χ1) is 31.8. The van der Waals surface area contributed by atoms with Crippen LogP contribution in [0.1, 0.15) is 106 Å². The molecule has 0 radical (unpaired) electrons. The third-order valence-electron chi connectivity index (χ3n) is 19.4. The molecule has 20 nitrogen and oxygen atoms in total. The zero-order chi connectivity index (χ0) is 49.8. The molecule has 12 N–H and O–H groups in total. The standard InChI is InChI=1S/C48H76O20/c1-43(2)13-15-48(16-14-45(4)21(22(48)17-43)7-8-26-44(3)11-10-28(51)47(6,41(60)61)27(44)9-12-46(26,45)5)42(62)68-40-36(59)37(67-39-35(58)33(56)30(53)24(19-50)65-39)31(54)25(66-40)20-63-38-34(57)32(55)29(52)23(18-49)64-38/h7,22-40,49-59H,8-20H2,1-6H3,(H,60,61)/t22-,23+,24+,25+,26-,27+,28-,29+,30+,31+,32-,33-,34+,35+,36+,37-,38+,39-,40-,44+,45+,46-,47-,48+/m1/s1. The molecule has 0 spiro atoms. The maximum absolute atomic E-state index is 15.3. The fourth-order valence-electron chi connectivity index (χ4n) is 14.8. The van der Waals surface area contributed by atoms with E-state index in [1.165, 1.54) is 0 Å². The maximum atomic E-state index is 15.3. The molecule has 5 aliphatic carbocycles. The smallest absolute Gasteiger partial charge is 0.315 e. The van der Waals surface area contributed by atoms with E-state index in [9.17, 15) is 66.1 Å². The molecule has 7 fully saturated rings. The Morgan fingerprint density at radius 1 is 0.647 bits per heavy atom. The van der Waals surface area contributed by atoms with E-state index in [4.69, 9.17) is 28.4 Å². The van der Waals surface area contributed by atoms with Crippen molar-refractivity contribution in [3.63, 3.8) is 0 Å². The SMILES string of the molecule is CC1(C)CC[C@]2(C(=O)O[C@H]3O[C@@H](CO[C@H]4O[C@@H](CO)[C@H](O)[C@@H](O)[C@@H]4O)[C@H](O)[C@@H](O[C@H]4O[C@@H](CO)[C@H](O)[C@@H](O)[C@@H]4O)[C@@H]3O)CC[C@@]3(C)C(=CC[C@@H]4[C@]5(C)CC[C@@H](O)[C@](C)(C(=O)O)[C@H]5CC[C@]43C)[C@H]2C1. The number of rotatable bonds is 10. The van der Waals surface area contributed by atoms with Gasteiger partial charge in [0, 0.05) is 0 Å². The van der Waals surface area contributed by atoms with Crippen molar-refractivity contribution >= 4 is 11.9 Å². The van der Waals surface area contributed by atoms with Gasteiger partial charge in [0.1, 0.15) is 73.2 Å². The molecule has 68 heavy (non-hydrogen) atoms. The van der Waals surface area contributed by atoms with E-state index < -0.39 is 146 Å². The molecular formula is C48H76O20. The number of fused-ring (bicyclic) bond motifs is 7. The van der Waals surface area contributed by atoms with Crippen LogP contribution in [0.25, 0.3) is 0 Å². The molecule has 0 aromatic carbocycles. The quantitative estimate of drug-likeness (QED) is 0.0942. The predicted molar refractivity (Wildman–Crippen MR) is 232 cm³/mol. The summed E-state index contributed by atoms with van der Waals surface area (Å²) in [5.41, 5.74) is -2.48. The van der Waals surface area contributed by atoms with E-state index in [1.54, 1.807) is 6.92 Å². The lowest BCUT2D eigenvalue weighted by Crippen LogP contribution is -2.67. The number of aliphatic hydroxyl groups excluding tert-OH is 11. The Bertz CT molecular complexity index is 1900. The minimum absolute atomic E-state index is 0.102. The number of esters is 1. The Labute approximate surface area is 396 Å². The fraction of sp³-hybridized carbons (Fsp3) is 0.917. The number of carbonyl (C=O) groups is 2. The number of hydrogen-bond acceptors (Lipinski definition) is 19. The predicted octanol–water partition coefficient (Wildman–Crippen LogP) is -0.795. The molecule has 24 atom stereocenters. The van der Waals surface area contributed by atoms with Crippen molar-refractivity contribution in [1.29, 1.82) is 0 Å². The average molecular weight is 973 g/mol. The van der Waals surface area contributed by atoms with Crippen LogP contribution in [0.3, 0.4) is 0 Å². The first-order valence-corrected chi connectivity index (χ1v) is 24.5. The lowest BCUT2D eigenvalue weighted by atomic mass is 9.33. The molecular weight excluding hydrogens is 897 g/mol. The Balaban J connectivity index is 1.09. The van der Waals surface area contributed by atoms with Gasteiger partial charge in [-0.1, -0.05) is 46.3 Å². The highest BCUT2D eigenvalue weighted by Crippen LogP contribution is 2.76. The van der Waals surface area contributed by atoms with Crippen LogP contribution >= 0.6 is 0 Å². The normalized spacial score (nSPS) is 53.4. The van der Waals surface area contributed by atoms with Crippen molar-refractivity contribution in [2.24, 2.45) is 50.2 Å². The van der Waals surface area contributed by atoms with Gasteiger partial charge in [-0.15, -0.1) is 0 Å². The summed E-state index contributed by atoms with van der Waals surface area (Å²) in [5, 5.41) is 128. The van der Waals surface area contributed by atoms with Crippen molar-refractivity contribution in [3.05, 3.63) is 11.6 Å². The molecule has 388 valence electrons. The molecule has 3 aliphatic heterocycles. The first-order valence-electron chi connectivity index (χ1n) is 24.5. The summed E-state index contributed by atoms with van der Waals surface area (Å²) in [6.07, 6.45) is -19.1. The van der Waals surface area contributed by atoms with E-state index in [0.717, 1.165) is 12.0 Å².